The number of benzene rings is 1. The topological polar surface area (TPSA) is 95.2 Å². The van der Waals surface area contributed by atoms with Crippen LogP contribution in [0.3, 0.4) is 0 Å². The van der Waals surface area contributed by atoms with E-state index in [9.17, 15) is 14.9 Å². The number of nitro groups is 1. The third kappa shape index (κ3) is 2.82. The van der Waals surface area contributed by atoms with Crippen LogP contribution in [0.15, 0.2) is 24.5 Å². The second-order valence-electron chi connectivity index (χ2n) is 6.41. The molecule has 4 rings (SSSR count). The van der Waals surface area contributed by atoms with Gasteiger partial charge in [-0.05, 0) is 42.9 Å². The van der Waals surface area contributed by atoms with Crippen molar-refractivity contribution in [3.63, 3.8) is 0 Å². The number of carbonyl (C=O) groups is 1. The van der Waals surface area contributed by atoms with Crippen LogP contribution in [0.25, 0.3) is 10.2 Å². The van der Waals surface area contributed by atoms with Crippen LogP contribution in [0, 0.1) is 16.0 Å². The van der Waals surface area contributed by atoms with Gasteiger partial charge in [-0.1, -0.05) is 6.92 Å². The first-order valence-electron chi connectivity index (χ1n) is 8.23. The van der Waals surface area contributed by atoms with Gasteiger partial charge in [0.05, 0.1) is 10.3 Å². The number of aryl methyl sites for hydroxylation is 1. The Morgan fingerprint density at radius 3 is 3.00 bits per heavy atom. The fraction of sp³-hybridized carbons (Fsp3) is 0.278. The van der Waals surface area contributed by atoms with E-state index in [0.717, 1.165) is 29.5 Å². The smallest absolute Gasteiger partial charge is 0.312 e. The van der Waals surface area contributed by atoms with Crippen LogP contribution >= 0.6 is 11.3 Å². The molecule has 0 radical (unpaired) electrons. The number of aldehydes is 1. The highest BCUT2D eigenvalue weighted by Crippen LogP contribution is 2.42. The first-order chi connectivity index (χ1) is 12.6. The first kappa shape index (κ1) is 16.6. The fourth-order valence-corrected chi connectivity index (χ4v) is 4.61. The van der Waals surface area contributed by atoms with E-state index in [1.807, 2.05) is 0 Å². The summed E-state index contributed by atoms with van der Waals surface area (Å²) in [4.78, 5) is 32.4. The monoisotopic (exact) mass is 369 g/mol. The fourth-order valence-electron chi connectivity index (χ4n) is 3.26. The van der Waals surface area contributed by atoms with Crippen LogP contribution in [0.2, 0.25) is 0 Å². The number of nitro benzene ring substituents is 1. The van der Waals surface area contributed by atoms with E-state index in [1.165, 1.54) is 35.0 Å². The molecule has 0 spiro atoms. The lowest BCUT2D eigenvalue weighted by Gasteiger charge is -2.18. The molecular weight excluding hydrogens is 354 g/mol. The number of thiophene rings is 1. The summed E-state index contributed by atoms with van der Waals surface area (Å²) in [6.07, 6.45) is 4.99. The zero-order valence-electron chi connectivity index (χ0n) is 14.0. The van der Waals surface area contributed by atoms with E-state index < -0.39 is 4.92 Å². The summed E-state index contributed by atoms with van der Waals surface area (Å²) in [5, 5.41) is 12.2. The van der Waals surface area contributed by atoms with Gasteiger partial charge in [-0.2, -0.15) is 0 Å². The van der Waals surface area contributed by atoms with Crippen molar-refractivity contribution in [1.82, 2.24) is 9.97 Å². The Morgan fingerprint density at radius 1 is 1.38 bits per heavy atom. The van der Waals surface area contributed by atoms with Gasteiger partial charge in [-0.15, -0.1) is 11.3 Å². The molecule has 8 heteroatoms. The normalized spacial score (nSPS) is 16.3. The van der Waals surface area contributed by atoms with Crippen LogP contribution in [-0.4, -0.2) is 21.2 Å². The summed E-state index contributed by atoms with van der Waals surface area (Å²) >= 11 is 1.63. The molecule has 1 aromatic carbocycles. The van der Waals surface area contributed by atoms with Gasteiger partial charge in [-0.3, -0.25) is 14.9 Å². The molecule has 0 saturated heterocycles. The number of hydrogen-bond donors (Lipinski definition) is 0. The van der Waals surface area contributed by atoms with Crippen molar-refractivity contribution in [3.8, 4) is 11.6 Å². The summed E-state index contributed by atoms with van der Waals surface area (Å²) in [6.45, 7) is 2.23. The largest absolute Gasteiger partial charge is 0.431 e. The molecule has 0 aliphatic heterocycles. The van der Waals surface area contributed by atoms with Gasteiger partial charge in [0.1, 0.15) is 17.4 Å². The van der Waals surface area contributed by atoms with Crippen molar-refractivity contribution in [2.24, 2.45) is 5.92 Å². The van der Waals surface area contributed by atoms with E-state index in [2.05, 4.69) is 16.9 Å². The zero-order chi connectivity index (χ0) is 18.3. The zero-order valence-corrected chi connectivity index (χ0v) is 14.8. The van der Waals surface area contributed by atoms with Crippen LogP contribution in [0.5, 0.6) is 11.6 Å². The highest BCUT2D eigenvalue weighted by molar-refractivity contribution is 7.18. The summed E-state index contributed by atoms with van der Waals surface area (Å²) < 4.78 is 5.83. The maximum atomic E-state index is 11.3. The number of hydrogen-bond acceptors (Lipinski definition) is 7. The molecule has 3 aromatic rings. The van der Waals surface area contributed by atoms with E-state index in [-0.39, 0.29) is 17.0 Å². The maximum absolute atomic E-state index is 11.3. The van der Waals surface area contributed by atoms with E-state index in [4.69, 9.17) is 4.74 Å². The third-order valence-corrected chi connectivity index (χ3v) is 5.74. The number of fused-ring (bicyclic) bond motifs is 3. The van der Waals surface area contributed by atoms with Crippen LogP contribution in [-0.2, 0) is 12.8 Å². The number of carbonyl (C=O) groups excluding carboxylic acids is 1. The summed E-state index contributed by atoms with van der Waals surface area (Å²) in [7, 11) is 0. The summed E-state index contributed by atoms with van der Waals surface area (Å²) in [5.41, 5.74) is 1.14. The Bertz CT molecular complexity index is 1030. The lowest BCUT2D eigenvalue weighted by atomic mass is 9.89. The standard InChI is InChI=1S/C18H15N3O4S/c1-10-2-4-12-15(6-10)26-18-16(12)17(19-9-20-18)25-14-5-3-11(8-22)7-13(14)21(23)24/h3,5,7-10H,2,4,6H2,1H3/t10-/m1/s1. The molecule has 7 nitrogen and oxygen atoms in total. The second kappa shape index (κ2) is 6.45. The third-order valence-electron chi connectivity index (χ3n) is 4.58. The van der Waals surface area contributed by atoms with Crippen molar-refractivity contribution >= 4 is 33.5 Å². The Hall–Kier alpha value is -2.87. The molecule has 0 bridgehead atoms. The number of ether oxygens (including phenoxy) is 1. The van der Waals surface area contributed by atoms with Crippen molar-refractivity contribution in [2.45, 2.75) is 26.2 Å². The van der Waals surface area contributed by atoms with Gasteiger partial charge in [0.25, 0.3) is 0 Å². The molecule has 1 aliphatic carbocycles. The van der Waals surface area contributed by atoms with Crippen molar-refractivity contribution < 1.29 is 14.5 Å². The molecule has 0 saturated carbocycles. The Balaban J connectivity index is 1.81. The average Bonchev–Trinajstić information content (AvgIpc) is 3.00. The number of rotatable bonds is 4. The van der Waals surface area contributed by atoms with Gasteiger partial charge in [0, 0.05) is 16.5 Å². The molecule has 1 atom stereocenters. The van der Waals surface area contributed by atoms with Gasteiger partial charge in [0.2, 0.25) is 11.6 Å². The average molecular weight is 369 g/mol. The number of aromatic nitrogens is 2. The predicted octanol–water partition coefficient (Wildman–Crippen LogP) is 4.33. The van der Waals surface area contributed by atoms with Crippen molar-refractivity contribution in [1.29, 1.82) is 0 Å². The molecule has 0 N–H and O–H groups in total. The van der Waals surface area contributed by atoms with Gasteiger partial charge >= 0.3 is 5.69 Å². The van der Waals surface area contributed by atoms with E-state index >= 15 is 0 Å². The molecule has 132 valence electrons. The van der Waals surface area contributed by atoms with Crippen LogP contribution in [0.1, 0.15) is 34.1 Å². The summed E-state index contributed by atoms with van der Waals surface area (Å²) in [6, 6.07) is 4.11. The minimum absolute atomic E-state index is 0.0599. The van der Waals surface area contributed by atoms with Gasteiger partial charge < -0.3 is 4.74 Å². The molecule has 0 fully saturated rings. The maximum Gasteiger partial charge on any atom is 0.312 e. The number of nitrogens with zero attached hydrogens (tertiary/aromatic N) is 3. The Kier molecular flexibility index (Phi) is 4.12. The lowest BCUT2D eigenvalue weighted by molar-refractivity contribution is -0.385. The molecule has 26 heavy (non-hydrogen) atoms. The minimum atomic E-state index is -0.564. The van der Waals surface area contributed by atoms with Crippen molar-refractivity contribution in [2.75, 3.05) is 0 Å². The molecule has 2 heterocycles. The molecule has 0 amide bonds. The van der Waals surface area contributed by atoms with Crippen LogP contribution < -0.4 is 4.74 Å². The predicted molar refractivity (Wildman–Crippen MR) is 97.2 cm³/mol. The van der Waals surface area contributed by atoms with E-state index in [1.54, 1.807) is 11.3 Å². The molecule has 1 aliphatic rings. The quantitative estimate of drug-likeness (QED) is 0.386. The molecule has 0 unspecified atom stereocenters. The SMILES string of the molecule is C[C@@H]1CCc2c(sc3ncnc(Oc4ccc(C=O)cc4[N+](=O)[O-])c23)C1. The van der Waals surface area contributed by atoms with Crippen LogP contribution in [0.4, 0.5) is 5.69 Å². The van der Waals surface area contributed by atoms with Gasteiger partial charge in [0.15, 0.2) is 0 Å². The highest BCUT2D eigenvalue weighted by Gasteiger charge is 2.25. The first-order valence-corrected chi connectivity index (χ1v) is 9.05. The van der Waals surface area contributed by atoms with Gasteiger partial charge in [-0.25, -0.2) is 9.97 Å². The molecular formula is C18H15N3O4S. The van der Waals surface area contributed by atoms with E-state index in [0.29, 0.717) is 18.1 Å². The van der Waals surface area contributed by atoms with Crippen molar-refractivity contribution in [3.05, 3.63) is 50.6 Å². The second-order valence-corrected chi connectivity index (χ2v) is 7.50. The lowest BCUT2D eigenvalue weighted by Crippen LogP contribution is -2.08. The summed E-state index contributed by atoms with van der Waals surface area (Å²) in [5.74, 6) is 1.01. The Labute approximate surface area is 152 Å². The Morgan fingerprint density at radius 2 is 2.23 bits per heavy atom. The molecule has 2 aromatic heterocycles. The highest BCUT2D eigenvalue weighted by atomic mass is 32.1. The minimum Gasteiger partial charge on any atom is -0.431 e.